The summed E-state index contributed by atoms with van der Waals surface area (Å²) in [5, 5.41) is 20.3. The second kappa shape index (κ2) is 8.76. The lowest BCUT2D eigenvalue weighted by molar-refractivity contribution is 0.399. The molecule has 0 aliphatic heterocycles. The molecule has 154 valence electrons. The van der Waals surface area contributed by atoms with Gasteiger partial charge in [0.15, 0.2) is 4.77 Å². The van der Waals surface area contributed by atoms with Crippen molar-refractivity contribution in [2.45, 2.75) is 26.9 Å². The molecule has 0 atom stereocenters. The second-order valence-electron chi connectivity index (χ2n) is 6.09. The van der Waals surface area contributed by atoms with Gasteiger partial charge in [0.2, 0.25) is 11.8 Å². The Morgan fingerprint density at radius 2 is 1.55 bits per heavy atom. The molecule has 0 fully saturated rings. The van der Waals surface area contributed by atoms with Crippen molar-refractivity contribution in [1.82, 2.24) is 18.3 Å². The molecule has 0 saturated carbocycles. The summed E-state index contributed by atoms with van der Waals surface area (Å²) in [5.74, 6) is -0.707. The van der Waals surface area contributed by atoms with Crippen molar-refractivity contribution in [1.29, 1.82) is 0 Å². The van der Waals surface area contributed by atoms with Crippen LogP contribution in [0.5, 0.6) is 11.8 Å². The summed E-state index contributed by atoms with van der Waals surface area (Å²) < 4.78 is 4.88. The molecule has 29 heavy (non-hydrogen) atoms. The van der Waals surface area contributed by atoms with Crippen LogP contribution in [0.1, 0.15) is 25.0 Å². The third-order valence-corrected chi connectivity index (χ3v) is 4.86. The first-order valence-electron chi connectivity index (χ1n) is 8.82. The Hall–Kier alpha value is -3.36. The number of allylic oxidation sites excluding steroid dienone is 2. The Morgan fingerprint density at radius 3 is 2.14 bits per heavy atom. The number of aromatic hydroxyl groups is 2. The van der Waals surface area contributed by atoms with Crippen LogP contribution in [0.15, 0.2) is 32.3 Å². The van der Waals surface area contributed by atoms with E-state index in [0.717, 1.165) is 9.13 Å². The average molecular weight is 418 g/mol. The standard InChI is InChI=1S/C19H22N4O5S/c1-5-22-16(26)13(17(27)23(6-2)19(22)29)11-9-7-8-10-12-14(24)20(3)18(28)21(4)15(12)25/h7,9-11,24,26H,5-6H2,1-4H3. The zero-order chi connectivity index (χ0) is 21.9. The third kappa shape index (κ3) is 3.94. The SMILES string of the molecule is CCn1c(O)c(C=CC=C=Cc2c(O)n(C)c(=O)n(C)c2=O)c(=O)n(CC)c1=S. The van der Waals surface area contributed by atoms with Crippen LogP contribution in [0.2, 0.25) is 0 Å². The predicted molar refractivity (Wildman–Crippen MR) is 113 cm³/mol. The molecular formula is C19H22N4O5S. The largest absolute Gasteiger partial charge is 0.494 e. The summed E-state index contributed by atoms with van der Waals surface area (Å²) in [7, 11) is 2.64. The van der Waals surface area contributed by atoms with Gasteiger partial charge in [0.25, 0.3) is 11.1 Å². The van der Waals surface area contributed by atoms with Crippen LogP contribution in [0.4, 0.5) is 0 Å². The number of aromatic nitrogens is 4. The summed E-state index contributed by atoms with van der Waals surface area (Å²) in [6, 6.07) is 0. The van der Waals surface area contributed by atoms with E-state index >= 15 is 0 Å². The van der Waals surface area contributed by atoms with E-state index < -0.39 is 22.7 Å². The summed E-state index contributed by atoms with van der Waals surface area (Å²) in [6.07, 6.45) is 5.49. The molecule has 0 aliphatic rings. The molecule has 2 aromatic rings. The Morgan fingerprint density at radius 1 is 0.931 bits per heavy atom. The Labute approximate surface area is 171 Å². The highest BCUT2D eigenvalue weighted by Gasteiger charge is 2.13. The van der Waals surface area contributed by atoms with E-state index in [0.29, 0.717) is 13.1 Å². The van der Waals surface area contributed by atoms with Gasteiger partial charge in [0.1, 0.15) is 11.1 Å². The van der Waals surface area contributed by atoms with E-state index in [-0.39, 0.29) is 21.8 Å². The molecule has 0 saturated heterocycles. The van der Waals surface area contributed by atoms with Gasteiger partial charge in [-0.3, -0.25) is 27.9 Å². The molecule has 0 aliphatic carbocycles. The van der Waals surface area contributed by atoms with Gasteiger partial charge in [-0.05, 0) is 44.3 Å². The van der Waals surface area contributed by atoms with Crippen molar-refractivity contribution in [2.75, 3.05) is 0 Å². The number of hydrogen-bond donors (Lipinski definition) is 2. The van der Waals surface area contributed by atoms with Gasteiger partial charge >= 0.3 is 5.69 Å². The van der Waals surface area contributed by atoms with Gasteiger partial charge in [-0.15, -0.1) is 5.73 Å². The van der Waals surface area contributed by atoms with E-state index in [1.165, 1.54) is 47.5 Å². The Balaban J connectivity index is 2.50. The van der Waals surface area contributed by atoms with Crippen LogP contribution in [0.25, 0.3) is 12.2 Å². The van der Waals surface area contributed by atoms with Crippen LogP contribution >= 0.6 is 12.2 Å². The Bertz CT molecular complexity index is 1280. The molecule has 0 unspecified atom stereocenters. The van der Waals surface area contributed by atoms with E-state index in [2.05, 4.69) is 5.73 Å². The van der Waals surface area contributed by atoms with Gasteiger partial charge in [0.05, 0.1) is 0 Å². The third-order valence-electron chi connectivity index (χ3n) is 4.42. The zero-order valence-corrected chi connectivity index (χ0v) is 17.4. The first-order chi connectivity index (χ1) is 13.7. The first kappa shape index (κ1) is 21.9. The molecule has 0 spiro atoms. The number of rotatable bonds is 5. The number of hydrogen-bond acceptors (Lipinski definition) is 6. The second-order valence-corrected chi connectivity index (χ2v) is 6.46. The summed E-state index contributed by atoms with van der Waals surface area (Å²) in [6.45, 7) is 4.35. The minimum atomic E-state index is -0.663. The van der Waals surface area contributed by atoms with Crippen LogP contribution in [-0.2, 0) is 27.2 Å². The molecular weight excluding hydrogens is 396 g/mol. The molecule has 10 heteroatoms. The van der Waals surface area contributed by atoms with Crippen LogP contribution < -0.4 is 16.8 Å². The van der Waals surface area contributed by atoms with Crippen LogP contribution in [0, 0.1) is 4.77 Å². The first-order valence-corrected chi connectivity index (χ1v) is 9.22. The van der Waals surface area contributed by atoms with E-state index in [9.17, 15) is 24.6 Å². The molecule has 0 aromatic carbocycles. The van der Waals surface area contributed by atoms with E-state index in [4.69, 9.17) is 12.2 Å². The highest BCUT2D eigenvalue weighted by atomic mass is 32.1. The van der Waals surface area contributed by atoms with Crippen molar-refractivity contribution < 1.29 is 10.2 Å². The van der Waals surface area contributed by atoms with Crippen molar-refractivity contribution in [3.05, 3.63) is 65.0 Å². The summed E-state index contributed by atoms with van der Waals surface area (Å²) in [5.41, 5.74) is 0.931. The molecule has 0 bridgehead atoms. The topological polar surface area (TPSA) is 111 Å². The van der Waals surface area contributed by atoms with Crippen LogP contribution in [0.3, 0.4) is 0 Å². The smallest absolute Gasteiger partial charge is 0.333 e. The maximum absolute atomic E-state index is 12.5. The fourth-order valence-electron chi connectivity index (χ4n) is 2.74. The molecule has 2 rings (SSSR count). The molecule has 0 amide bonds. The summed E-state index contributed by atoms with van der Waals surface area (Å²) >= 11 is 5.22. The maximum Gasteiger partial charge on any atom is 0.333 e. The molecule has 2 N–H and O–H groups in total. The van der Waals surface area contributed by atoms with Gasteiger partial charge in [-0.2, -0.15) is 0 Å². The van der Waals surface area contributed by atoms with Gasteiger partial charge in [-0.1, -0.05) is 6.08 Å². The lowest BCUT2D eigenvalue weighted by atomic mass is 10.2. The van der Waals surface area contributed by atoms with Crippen molar-refractivity contribution in [2.24, 2.45) is 14.1 Å². The quantitative estimate of drug-likeness (QED) is 0.427. The van der Waals surface area contributed by atoms with E-state index in [1.807, 2.05) is 0 Å². The highest BCUT2D eigenvalue weighted by Crippen LogP contribution is 2.16. The Kier molecular flexibility index (Phi) is 6.63. The highest BCUT2D eigenvalue weighted by molar-refractivity contribution is 7.71. The van der Waals surface area contributed by atoms with Crippen LogP contribution in [-0.4, -0.2) is 28.5 Å². The lowest BCUT2D eigenvalue weighted by Crippen LogP contribution is -2.37. The maximum atomic E-state index is 12.5. The molecule has 2 aromatic heterocycles. The molecule has 9 nitrogen and oxygen atoms in total. The van der Waals surface area contributed by atoms with Gasteiger partial charge in [0, 0.05) is 27.2 Å². The monoisotopic (exact) mass is 418 g/mol. The minimum absolute atomic E-state index is 0.0706. The normalized spacial score (nSPS) is 10.9. The van der Waals surface area contributed by atoms with Gasteiger partial charge < -0.3 is 10.2 Å². The molecule has 0 radical (unpaired) electrons. The van der Waals surface area contributed by atoms with Crippen molar-refractivity contribution in [3.8, 4) is 11.8 Å². The fourth-order valence-corrected chi connectivity index (χ4v) is 3.16. The van der Waals surface area contributed by atoms with Gasteiger partial charge in [-0.25, -0.2) is 4.79 Å². The fraction of sp³-hybridized carbons (Fsp3) is 0.316. The predicted octanol–water partition coefficient (Wildman–Crippen LogP) is 1.11. The zero-order valence-electron chi connectivity index (χ0n) is 16.5. The molecule has 2 heterocycles. The van der Waals surface area contributed by atoms with E-state index in [1.54, 1.807) is 13.8 Å². The lowest BCUT2D eigenvalue weighted by Gasteiger charge is -2.13. The van der Waals surface area contributed by atoms with Crippen molar-refractivity contribution in [3.63, 3.8) is 0 Å². The minimum Gasteiger partial charge on any atom is -0.494 e. The summed E-state index contributed by atoms with van der Waals surface area (Å²) in [4.78, 5) is 36.4. The number of nitrogens with zero attached hydrogens (tertiary/aromatic N) is 4. The average Bonchev–Trinajstić information content (AvgIpc) is 2.69. The van der Waals surface area contributed by atoms with Crippen molar-refractivity contribution >= 4 is 24.4 Å².